The van der Waals surface area contributed by atoms with Crippen LogP contribution in [0.5, 0.6) is 0 Å². The first-order chi connectivity index (χ1) is 8.99. The first-order valence-electron chi connectivity index (χ1n) is 5.40. The highest BCUT2D eigenvalue weighted by molar-refractivity contribution is 6.34. The van der Waals surface area contributed by atoms with E-state index >= 15 is 0 Å². The number of hydrogen-bond acceptors (Lipinski definition) is 1. The number of carbonyl (C=O) groups excluding carboxylic acids is 1. The fraction of sp³-hybridized carbons (Fsp3) is 0.0714. The summed E-state index contributed by atoms with van der Waals surface area (Å²) in [6.07, 6.45) is -0.211. The topological polar surface area (TPSA) is 17.1 Å². The van der Waals surface area contributed by atoms with E-state index in [0.717, 1.165) is 12.1 Å². The number of rotatable bonds is 3. The van der Waals surface area contributed by atoms with Crippen LogP contribution in [0.1, 0.15) is 15.9 Å². The van der Waals surface area contributed by atoms with Gasteiger partial charge in [0.25, 0.3) is 0 Å². The molecule has 0 aromatic heterocycles. The average Bonchev–Trinajstić information content (AvgIpc) is 2.33. The second-order valence-corrected chi connectivity index (χ2v) is 4.75. The highest BCUT2D eigenvalue weighted by atomic mass is 35.5. The van der Waals surface area contributed by atoms with Crippen LogP contribution in [-0.2, 0) is 6.42 Å². The lowest BCUT2D eigenvalue weighted by Crippen LogP contribution is -2.07. The van der Waals surface area contributed by atoms with Crippen LogP contribution in [0.2, 0.25) is 10.0 Å². The normalized spacial score (nSPS) is 10.5. The van der Waals surface area contributed by atoms with Crippen molar-refractivity contribution in [3.8, 4) is 0 Å². The predicted octanol–water partition coefficient (Wildman–Crippen LogP) is 4.70. The SMILES string of the molecule is O=C(Cc1cc(F)ccc1Cl)c1c(F)cccc1Cl. The number of halogens is 4. The molecule has 0 heterocycles. The van der Waals surface area contributed by atoms with Gasteiger partial charge in [-0.2, -0.15) is 0 Å². The Morgan fingerprint density at radius 2 is 1.79 bits per heavy atom. The quantitative estimate of drug-likeness (QED) is 0.751. The van der Waals surface area contributed by atoms with Crippen molar-refractivity contribution in [1.82, 2.24) is 0 Å². The van der Waals surface area contributed by atoms with Crippen molar-refractivity contribution in [3.05, 3.63) is 69.2 Å². The summed E-state index contributed by atoms with van der Waals surface area (Å²) in [4.78, 5) is 12.0. The highest BCUT2D eigenvalue weighted by Gasteiger charge is 2.17. The number of carbonyl (C=O) groups is 1. The van der Waals surface area contributed by atoms with E-state index in [9.17, 15) is 13.6 Å². The number of Topliss-reactive ketones (excluding diaryl/α,β-unsaturated/α-hetero) is 1. The Balaban J connectivity index is 2.34. The van der Waals surface area contributed by atoms with Crippen molar-refractivity contribution in [1.29, 1.82) is 0 Å². The van der Waals surface area contributed by atoms with Gasteiger partial charge in [0.2, 0.25) is 0 Å². The fourth-order valence-corrected chi connectivity index (χ4v) is 2.16. The molecule has 0 radical (unpaired) electrons. The molecule has 2 aromatic rings. The van der Waals surface area contributed by atoms with Crippen LogP contribution < -0.4 is 0 Å². The van der Waals surface area contributed by atoms with Gasteiger partial charge in [-0.05, 0) is 35.9 Å². The van der Waals surface area contributed by atoms with Crippen molar-refractivity contribution >= 4 is 29.0 Å². The van der Waals surface area contributed by atoms with Gasteiger partial charge in [0.1, 0.15) is 11.6 Å². The summed E-state index contributed by atoms with van der Waals surface area (Å²) in [6.45, 7) is 0. The lowest BCUT2D eigenvalue weighted by Gasteiger charge is -2.06. The van der Waals surface area contributed by atoms with Crippen LogP contribution >= 0.6 is 23.2 Å². The number of ketones is 1. The molecule has 5 heteroatoms. The zero-order valence-electron chi connectivity index (χ0n) is 9.59. The predicted molar refractivity (Wildman–Crippen MR) is 70.9 cm³/mol. The maximum absolute atomic E-state index is 13.6. The molecule has 98 valence electrons. The van der Waals surface area contributed by atoms with Gasteiger partial charge < -0.3 is 0 Å². The number of hydrogen-bond donors (Lipinski definition) is 0. The molecule has 0 unspecified atom stereocenters. The van der Waals surface area contributed by atoms with E-state index in [1.165, 1.54) is 24.3 Å². The molecule has 2 rings (SSSR count). The molecule has 0 saturated carbocycles. The third-order valence-corrected chi connectivity index (χ3v) is 3.28. The lowest BCUT2D eigenvalue weighted by atomic mass is 10.0. The van der Waals surface area contributed by atoms with Gasteiger partial charge in [-0.15, -0.1) is 0 Å². The van der Waals surface area contributed by atoms with Crippen LogP contribution in [0.15, 0.2) is 36.4 Å². The zero-order chi connectivity index (χ0) is 14.0. The summed E-state index contributed by atoms with van der Waals surface area (Å²) in [5.41, 5.74) is 0.0930. The Morgan fingerprint density at radius 3 is 2.47 bits per heavy atom. The van der Waals surface area contributed by atoms with Crippen LogP contribution in [0.4, 0.5) is 8.78 Å². The Morgan fingerprint density at radius 1 is 1.05 bits per heavy atom. The Bertz CT molecular complexity index is 621. The molecule has 19 heavy (non-hydrogen) atoms. The standard InChI is InChI=1S/C14H8Cl2F2O/c15-10-5-4-9(17)6-8(10)7-13(19)14-11(16)2-1-3-12(14)18/h1-6H,7H2. The van der Waals surface area contributed by atoms with E-state index in [4.69, 9.17) is 23.2 Å². The third-order valence-electron chi connectivity index (χ3n) is 2.60. The monoisotopic (exact) mass is 300 g/mol. The molecule has 2 aromatic carbocycles. The minimum Gasteiger partial charge on any atom is -0.294 e. The van der Waals surface area contributed by atoms with Crippen LogP contribution in [-0.4, -0.2) is 5.78 Å². The van der Waals surface area contributed by atoms with Gasteiger partial charge in [0.15, 0.2) is 5.78 Å². The molecule has 0 saturated heterocycles. The fourth-order valence-electron chi connectivity index (χ4n) is 1.70. The van der Waals surface area contributed by atoms with Crippen molar-refractivity contribution in [3.63, 3.8) is 0 Å². The molecule has 0 spiro atoms. The maximum Gasteiger partial charge on any atom is 0.171 e. The molecule has 0 amide bonds. The zero-order valence-corrected chi connectivity index (χ0v) is 11.1. The molecular weight excluding hydrogens is 293 g/mol. The summed E-state index contributed by atoms with van der Waals surface area (Å²) in [5.74, 6) is -1.76. The summed E-state index contributed by atoms with van der Waals surface area (Å²) in [7, 11) is 0. The summed E-state index contributed by atoms with van der Waals surface area (Å²) >= 11 is 11.7. The van der Waals surface area contributed by atoms with Crippen LogP contribution in [0.25, 0.3) is 0 Å². The van der Waals surface area contributed by atoms with E-state index in [0.29, 0.717) is 5.56 Å². The van der Waals surface area contributed by atoms with E-state index in [-0.39, 0.29) is 22.0 Å². The first kappa shape index (κ1) is 14.0. The molecule has 0 aliphatic carbocycles. The van der Waals surface area contributed by atoms with Gasteiger partial charge in [0.05, 0.1) is 10.6 Å². The average molecular weight is 301 g/mol. The maximum atomic E-state index is 13.6. The Hall–Kier alpha value is -1.45. The molecule has 0 aliphatic heterocycles. The second kappa shape index (κ2) is 5.68. The van der Waals surface area contributed by atoms with Gasteiger partial charge in [-0.1, -0.05) is 29.3 Å². The Labute approximate surface area is 118 Å². The Kier molecular flexibility index (Phi) is 4.17. The molecule has 0 aliphatic rings. The lowest BCUT2D eigenvalue weighted by molar-refractivity contribution is 0.0989. The number of benzene rings is 2. The molecule has 0 fully saturated rings. The van der Waals surface area contributed by atoms with Crippen LogP contribution in [0.3, 0.4) is 0 Å². The minimum absolute atomic E-state index is 0.0255. The molecule has 1 nitrogen and oxygen atoms in total. The molecule has 0 atom stereocenters. The van der Waals surface area contributed by atoms with Crippen LogP contribution in [0, 0.1) is 11.6 Å². The molecule has 0 N–H and O–H groups in total. The second-order valence-electron chi connectivity index (χ2n) is 3.93. The van der Waals surface area contributed by atoms with Crippen molar-refractivity contribution in [2.75, 3.05) is 0 Å². The van der Waals surface area contributed by atoms with E-state index in [1.54, 1.807) is 0 Å². The summed E-state index contributed by atoms with van der Waals surface area (Å²) in [5, 5.41) is 0.278. The van der Waals surface area contributed by atoms with Crippen molar-refractivity contribution in [2.45, 2.75) is 6.42 Å². The van der Waals surface area contributed by atoms with E-state index in [2.05, 4.69) is 0 Å². The highest BCUT2D eigenvalue weighted by Crippen LogP contribution is 2.23. The largest absolute Gasteiger partial charge is 0.294 e. The van der Waals surface area contributed by atoms with E-state index in [1.807, 2.05) is 0 Å². The van der Waals surface area contributed by atoms with Gasteiger partial charge in [-0.3, -0.25) is 4.79 Å². The third kappa shape index (κ3) is 3.11. The molecular formula is C14H8Cl2F2O. The minimum atomic E-state index is -0.704. The first-order valence-corrected chi connectivity index (χ1v) is 6.16. The van der Waals surface area contributed by atoms with E-state index < -0.39 is 17.4 Å². The summed E-state index contributed by atoms with van der Waals surface area (Å²) in [6, 6.07) is 7.66. The smallest absolute Gasteiger partial charge is 0.171 e. The molecule has 0 bridgehead atoms. The van der Waals surface area contributed by atoms with Crippen molar-refractivity contribution in [2.24, 2.45) is 0 Å². The van der Waals surface area contributed by atoms with Crippen molar-refractivity contribution < 1.29 is 13.6 Å². The van der Waals surface area contributed by atoms with Gasteiger partial charge in [-0.25, -0.2) is 8.78 Å². The van der Waals surface area contributed by atoms with Gasteiger partial charge >= 0.3 is 0 Å². The van der Waals surface area contributed by atoms with Gasteiger partial charge in [0, 0.05) is 11.4 Å². The summed E-state index contributed by atoms with van der Waals surface area (Å²) < 4.78 is 26.7.